The molecule has 1 saturated heterocycles. The van der Waals surface area contributed by atoms with Gasteiger partial charge in [-0.05, 0) is 76.3 Å². The molecule has 1 fully saturated rings. The predicted octanol–water partition coefficient (Wildman–Crippen LogP) is 5.66. The van der Waals surface area contributed by atoms with Crippen molar-refractivity contribution in [1.29, 1.82) is 0 Å². The number of carboxylic acid groups (broad SMARTS) is 1. The summed E-state index contributed by atoms with van der Waals surface area (Å²) >= 11 is 0. The largest absolute Gasteiger partial charge is 0.497 e. The van der Waals surface area contributed by atoms with Crippen LogP contribution in [0.25, 0.3) is 0 Å². The van der Waals surface area contributed by atoms with Crippen LogP contribution in [0.4, 0.5) is 13.2 Å². The molecule has 212 valence electrons. The van der Waals surface area contributed by atoms with Crippen molar-refractivity contribution in [3.8, 4) is 17.2 Å². The van der Waals surface area contributed by atoms with Crippen LogP contribution < -0.4 is 14.2 Å². The Morgan fingerprint density at radius 2 is 1.66 bits per heavy atom. The number of rotatable bonds is 12. The summed E-state index contributed by atoms with van der Waals surface area (Å²) in [6, 6.07) is 16.2. The van der Waals surface area contributed by atoms with E-state index in [1.54, 1.807) is 7.11 Å². The molecular weight excluding hydrogens is 501 g/mol. The van der Waals surface area contributed by atoms with Crippen LogP contribution in [0, 0.1) is 0 Å². The molecule has 0 spiro atoms. The number of methoxy groups -OCH3 is 1. The zero-order valence-corrected chi connectivity index (χ0v) is 22.4. The standard InChI is InChI=1S/C26H38N2O3.C2HF3O2/c1-27(2)19-15-26(31-25-10-7-9-24(21-25)29-3)22-11-13-23(14-12-22)30-20-8-18-28-16-5-4-6-17-28;3-2(4,5)1(6)7/h7,9-14,21,26H,4-6,8,15-20H2,1-3H3;(H,6,7). The second-order valence-electron chi connectivity index (χ2n) is 9.35. The molecule has 0 bridgehead atoms. The number of halogens is 3. The van der Waals surface area contributed by atoms with Gasteiger partial charge in [-0.3, -0.25) is 0 Å². The third kappa shape index (κ3) is 12.0. The first-order valence-corrected chi connectivity index (χ1v) is 12.8. The molecule has 1 N–H and O–H groups in total. The summed E-state index contributed by atoms with van der Waals surface area (Å²) in [4.78, 5) is 13.6. The molecule has 1 atom stereocenters. The first-order chi connectivity index (χ1) is 18.1. The summed E-state index contributed by atoms with van der Waals surface area (Å²) in [5, 5.41) is 7.12. The Labute approximate surface area is 223 Å². The number of carboxylic acids is 1. The number of likely N-dealkylation sites (tertiary alicyclic amines) is 1. The molecule has 2 aromatic carbocycles. The lowest BCUT2D eigenvalue weighted by Crippen LogP contribution is -2.31. The highest BCUT2D eigenvalue weighted by atomic mass is 19.4. The number of hydrogen-bond donors (Lipinski definition) is 1. The average molecular weight is 541 g/mol. The number of aliphatic carboxylic acids is 1. The Morgan fingerprint density at radius 3 is 2.24 bits per heavy atom. The number of alkyl halides is 3. The minimum atomic E-state index is -5.08. The molecule has 0 amide bonds. The van der Waals surface area contributed by atoms with E-state index in [9.17, 15) is 13.2 Å². The van der Waals surface area contributed by atoms with E-state index in [0.29, 0.717) is 0 Å². The maximum absolute atomic E-state index is 10.6. The van der Waals surface area contributed by atoms with Crippen LogP contribution >= 0.6 is 0 Å². The van der Waals surface area contributed by atoms with Crippen LogP contribution in [0.1, 0.15) is 43.8 Å². The number of carbonyl (C=O) groups is 1. The van der Waals surface area contributed by atoms with Gasteiger partial charge in [-0.2, -0.15) is 13.2 Å². The zero-order chi connectivity index (χ0) is 28.0. The lowest BCUT2D eigenvalue weighted by Gasteiger charge is -2.26. The van der Waals surface area contributed by atoms with E-state index in [0.717, 1.165) is 55.4 Å². The van der Waals surface area contributed by atoms with Crippen molar-refractivity contribution in [2.45, 2.75) is 44.4 Å². The van der Waals surface area contributed by atoms with Gasteiger partial charge >= 0.3 is 12.1 Å². The van der Waals surface area contributed by atoms with E-state index in [2.05, 4.69) is 48.2 Å². The highest BCUT2D eigenvalue weighted by Crippen LogP contribution is 2.29. The van der Waals surface area contributed by atoms with Crippen LogP contribution in [0.5, 0.6) is 17.2 Å². The quantitative estimate of drug-likeness (QED) is 0.349. The van der Waals surface area contributed by atoms with Gasteiger partial charge in [-0.1, -0.05) is 24.6 Å². The molecule has 0 radical (unpaired) electrons. The molecule has 7 nitrogen and oxygen atoms in total. The maximum Gasteiger partial charge on any atom is 0.490 e. The summed E-state index contributed by atoms with van der Waals surface area (Å²) < 4.78 is 49.4. The van der Waals surface area contributed by atoms with Crippen molar-refractivity contribution in [1.82, 2.24) is 9.80 Å². The van der Waals surface area contributed by atoms with Crippen molar-refractivity contribution in [2.75, 3.05) is 54.0 Å². The first kappa shape index (κ1) is 31.2. The fourth-order valence-corrected chi connectivity index (χ4v) is 3.95. The average Bonchev–Trinajstić information content (AvgIpc) is 2.90. The summed E-state index contributed by atoms with van der Waals surface area (Å²) in [5.74, 6) is -0.207. The summed E-state index contributed by atoms with van der Waals surface area (Å²) in [5.41, 5.74) is 1.16. The third-order valence-corrected chi connectivity index (χ3v) is 5.99. The Balaban J connectivity index is 0.000000638. The monoisotopic (exact) mass is 540 g/mol. The summed E-state index contributed by atoms with van der Waals surface area (Å²) in [6.45, 7) is 5.34. The lowest BCUT2D eigenvalue weighted by molar-refractivity contribution is -0.192. The topological polar surface area (TPSA) is 71.5 Å². The van der Waals surface area contributed by atoms with Crippen molar-refractivity contribution in [3.63, 3.8) is 0 Å². The molecule has 38 heavy (non-hydrogen) atoms. The SMILES string of the molecule is COc1cccc(OC(CCN(C)C)c2ccc(OCCCN3CCCCC3)cc2)c1.O=C(O)C(F)(F)F. The normalized spacial score (nSPS) is 14.8. The van der Waals surface area contributed by atoms with Gasteiger partial charge in [0.05, 0.1) is 13.7 Å². The third-order valence-electron chi connectivity index (χ3n) is 5.99. The lowest BCUT2D eigenvalue weighted by atomic mass is 10.1. The van der Waals surface area contributed by atoms with Crippen LogP contribution in [0.2, 0.25) is 0 Å². The van der Waals surface area contributed by atoms with Gasteiger partial charge in [0.1, 0.15) is 23.4 Å². The molecule has 3 rings (SSSR count). The van der Waals surface area contributed by atoms with Crippen LogP contribution in [0.15, 0.2) is 48.5 Å². The van der Waals surface area contributed by atoms with E-state index in [1.807, 2.05) is 24.3 Å². The highest BCUT2D eigenvalue weighted by molar-refractivity contribution is 5.73. The van der Waals surface area contributed by atoms with Crippen LogP contribution in [-0.2, 0) is 4.79 Å². The molecule has 1 unspecified atom stereocenters. The smallest absolute Gasteiger partial charge is 0.490 e. The van der Waals surface area contributed by atoms with Crippen LogP contribution in [-0.4, -0.2) is 81.0 Å². The Morgan fingerprint density at radius 1 is 1.03 bits per heavy atom. The number of ether oxygens (including phenoxy) is 3. The minimum Gasteiger partial charge on any atom is -0.497 e. The number of benzene rings is 2. The van der Waals surface area contributed by atoms with Crippen molar-refractivity contribution >= 4 is 5.97 Å². The molecule has 0 saturated carbocycles. The Bertz CT molecular complexity index is 948. The molecule has 0 aromatic heterocycles. The van der Waals surface area contributed by atoms with E-state index in [4.69, 9.17) is 24.1 Å². The van der Waals surface area contributed by atoms with Gasteiger partial charge < -0.3 is 29.1 Å². The van der Waals surface area contributed by atoms with Gasteiger partial charge in [-0.25, -0.2) is 4.79 Å². The van der Waals surface area contributed by atoms with Crippen molar-refractivity contribution in [3.05, 3.63) is 54.1 Å². The van der Waals surface area contributed by atoms with E-state index < -0.39 is 12.1 Å². The molecule has 1 aliphatic rings. The minimum absolute atomic E-state index is 0.0253. The Hall–Kier alpha value is -2.98. The highest BCUT2D eigenvalue weighted by Gasteiger charge is 2.38. The zero-order valence-electron chi connectivity index (χ0n) is 22.4. The van der Waals surface area contributed by atoms with E-state index >= 15 is 0 Å². The molecular formula is C28H39F3N2O5. The van der Waals surface area contributed by atoms with Gasteiger partial charge in [-0.15, -0.1) is 0 Å². The molecule has 1 aliphatic heterocycles. The van der Waals surface area contributed by atoms with E-state index in [-0.39, 0.29) is 6.10 Å². The van der Waals surface area contributed by atoms with Crippen molar-refractivity contribution in [2.24, 2.45) is 0 Å². The van der Waals surface area contributed by atoms with Gasteiger partial charge in [0.25, 0.3) is 0 Å². The number of nitrogens with zero attached hydrogens (tertiary/aromatic N) is 2. The second kappa shape index (κ2) is 16.1. The second-order valence-corrected chi connectivity index (χ2v) is 9.35. The molecule has 1 heterocycles. The summed E-state index contributed by atoms with van der Waals surface area (Å²) in [6.07, 6.45) is 0.940. The van der Waals surface area contributed by atoms with E-state index in [1.165, 1.54) is 32.4 Å². The molecule has 10 heteroatoms. The molecule has 0 aliphatic carbocycles. The van der Waals surface area contributed by atoms with Crippen molar-refractivity contribution < 1.29 is 37.3 Å². The maximum atomic E-state index is 10.6. The number of piperidine rings is 1. The van der Waals surface area contributed by atoms with Crippen LogP contribution in [0.3, 0.4) is 0 Å². The molecule has 2 aromatic rings. The van der Waals surface area contributed by atoms with Gasteiger partial charge in [0.2, 0.25) is 0 Å². The number of hydrogen-bond acceptors (Lipinski definition) is 6. The Kier molecular flexibility index (Phi) is 13.2. The summed E-state index contributed by atoms with van der Waals surface area (Å²) in [7, 11) is 5.85. The fourth-order valence-electron chi connectivity index (χ4n) is 3.95. The van der Waals surface area contributed by atoms with Gasteiger partial charge in [0.15, 0.2) is 0 Å². The van der Waals surface area contributed by atoms with Gasteiger partial charge in [0, 0.05) is 25.6 Å². The predicted molar refractivity (Wildman–Crippen MR) is 140 cm³/mol. The first-order valence-electron chi connectivity index (χ1n) is 12.8. The fraction of sp³-hybridized carbons (Fsp3) is 0.536.